The maximum absolute atomic E-state index is 12.1. The van der Waals surface area contributed by atoms with E-state index in [2.05, 4.69) is 15.0 Å². The lowest BCUT2D eigenvalue weighted by atomic mass is 9.96. The zero-order valence-corrected chi connectivity index (χ0v) is 18.3. The van der Waals surface area contributed by atoms with Crippen LogP contribution in [0.4, 0.5) is 0 Å². The maximum Gasteiger partial charge on any atom is 0.240 e. The molecule has 1 aliphatic rings. The number of hydrogen-bond acceptors (Lipinski definition) is 4. The molecule has 0 bridgehead atoms. The molecule has 0 heterocycles. The van der Waals surface area contributed by atoms with Crippen LogP contribution in [0.1, 0.15) is 37.7 Å². The van der Waals surface area contributed by atoms with Gasteiger partial charge in [0.2, 0.25) is 10.0 Å². The predicted molar refractivity (Wildman–Crippen MR) is 114 cm³/mol. The second-order valence-corrected chi connectivity index (χ2v) is 7.98. The summed E-state index contributed by atoms with van der Waals surface area (Å²) in [6.45, 7) is 0.997. The van der Waals surface area contributed by atoms with Crippen LogP contribution < -0.4 is 15.8 Å². The first-order chi connectivity index (χ1) is 12.0. The number of rotatable bonds is 8. The number of nitrogens with two attached hydrogens (primary N) is 1. The van der Waals surface area contributed by atoms with Crippen molar-refractivity contribution < 1.29 is 13.2 Å². The number of hydrogen-bond donors (Lipinski definition) is 3. The van der Waals surface area contributed by atoms with Crippen molar-refractivity contribution in [3.8, 4) is 0 Å². The highest BCUT2D eigenvalue weighted by atomic mass is 127. The molecule has 26 heavy (non-hydrogen) atoms. The predicted octanol–water partition coefficient (Wildman–Crippen LogP) is 1.97. The maximum atomic E-state index is 12.1. The van der Waals surface area contributed by atoms with Crippen LogP contribution >= 0.6 is 24.0 Å². The van der Waals surface area contributed by atoms with Crippen LogP contribution in [0.2, 0.25) is 0 Å². The second kappa shape index (κ2) is 11.7. The fraction of sp³-hybridized carbons (Fsp3) is 0.588. The molecule has 1 saturated carbocycles. The molecule has 0 saturated heterocycles. The number of sulfonamides is 1. The molecular weight excluding hydrogens is 467 g/mol. The van der Waals surface area contributed by atoms with Gasteiger partial charge in [0.25, 0.3) is 0 Å². The molecular formula is C17H29IN4O3S. The quantitative estimate of drug-likeness (QED) is 0.221. The molecule has 9 heteroatoms. The van der Waals surface area contributed by atoms with Crippen molar-refractivity contribution in [2.75, 3.05) is 20.3 Å². The Kier molecular flexibility index (Phi) is 10.4. The van der Waals surface area contributed by atoms with Crippen LogP contribution in [0.3, 0.4) is 0 Å². The molecule has 0 unspecified atom stereocenters. The van der Waals surface area contributed by atoms with Gasteiger partial charge >= 0.3 is 0 Å². The third kappa shape index (κ3) is 7.77. The Labute approximate surface area is 173 Å². The van der Waals surface area contributed by atoms with E-state index in [1.807, 2.05) is 0 Å². The van der Waals surface area contributed by atoms with Gasteiger partial charge in [0, 0.05) is 19.7 Å². The minimum Gasteiger partial charge on any atom is -0.383 e. The Morgan fingerprint density at radius 3 is 2.50 bits per heavy atom. The molecule has 0 aromatic heterocycles. The number of guanidine groups is 1. The monoisotopic (exact) mass is 496 g/mol. The van der Waals surface area contributed by atoms with E-state index in [1.54, 1.807) is 24.3 Å². The van der Waals surface area contributed by atoms with E-state index in [9.17, 15) is 8.42 Å². The van der Waals surface area contributed by atoms with E-state index in [1.165, 1.54) is 26.4 Å². The third-order valence-corrected chi connectivity index (χ3v) is 5.70. The highest BCUT2D eigenvalue weighted by molar-refractivity contribution is 14.0. The number of methoxy groups -OCH3 is 1. The van der Waals surface area contributed by atoms with E-state index in [0.717, 1.165) is 18.4 Å². The van der Waals surface area contributed by atoms with Crippen LogP contribution in [0.5, 0.6) is 0 Å². The van der Waals surface area contributed by atoms with Gasteiger partial charge in [-0.15, -0.1) is 24.0 Å². The highest BCUT2D eigenvalue weighted by Crippen LogP contribution is 2.17. The van der Waals surface area contributed by atoms with E-state index in [4.69, 9.17) is 10.5 Å². The number of nitrogens with zero attached hydrogens (tertiary/aromatic N) is 1. The summed E-state index contributed by atoms with van der Waals surface area (Å²) in [6, 6.07) is 7.07. The molecule has 7 nitrogen and oxygen atoms in total. The first-order valence-electron chi connectivity index (χ1n) is 8.65. The first kappa shape index (κ1) is 23.1. The van der Waals surface area contributed by atoms with Gasteiger partial charge in [-0.25, -0.2) is 18.1 Å². The standard InChI is InChI=1S/C17H28N4O3S.HI/c1-24-12-11-20-25(22,23)16-9-7-14(8-10-16)13-19-17(18)21-15-5-3-2-4-6-15;/h7-10,15,20H,2-6,11-13H2,1H3,(H3,18,19,21);1H. The highest BCUT2D eigenvalue weighted by Gasteiger charge is 2.14. The van der Waals surface area contributed by atoms with Crippen LogP contribution in [0.15, 0.2) is 34.2 Å². The molecule has 1 aromatic carbocycles. The fourth-order valence-electron chi connectivity index (χ4n) is 2.81. The summed E-state index contributed by atoms with van der Waals surface area (Å²) < 4.78 is 31.5. The zero-order valence-electron chi connectivity index (χ0n) is 15.1. The summed E-state index contributed by atoms with van der Waals surface area (Å²) in [5.41, 5.74) is 6.85. The summed E-state index contributed by atoms with van der Waals surface area (Å²) in [5, 5.41) is 3.26. The Balaban J connectivity index is 0.00000338. The Morgan fingerprint density at radius 1 is 1.23 bits per heavy atom. The topological polar surface area (TPSA) is 106 Å². The molecule has 1 fully saturated rings. The summed E-state index contributed by atoms with van der Waals surface area (Å²) in [6.07, 6.45) is 6.04. The van der Waals surface area contributed by atoms with Crippen molar-refractivity contribution in [2.24, 2.45) is 10.7 Å². The van der Waals surface area contributed by atoms with Crippen molar-refractivity contribution in [1.29, 1.82) is 0 Å². The van der Waals surface area contributed by atoms with E-state index < -0.39 is 10.0 Å². The Bertz CT molecular complexity index is 659. The average Bonchev–Trinajstić information content (AvgIpc) is 2.61. The average molecular weight is 496 g/mol. The summed E-state index contributed by atoms with van der Waals surface area (Å²) in [5.74, 6) is 0.449. The number of aliphatic imine (C=N–C) groups is 1. The molecule has 0 amide bonds. The third-order valence-electron chi connectivity index (χ3n) is 4.22. The summed E-state index contributed by atoms with van der Waals surface area (Å²) in [7, 11) is -1.98. The van der Waals surface area contributed by atoms with Crippen molar-refractivity contribution in [3.05, 3.63) is 29.8 Å². The van der Waals surface area contributed by atoms with Gasteiger partial charge in [-0.05, 0) is 30.5 Å². The smallest absolute Gasteiger partial charge is 0.240 e. The van der Waals surface area contributed by atoms with E-state index >= 15 is 0 Å². The van der Waals surface area contributed by atoms with Crippen LogP contribution in [0, 0.1) is 0 Å². The minimum atomic E-state index is -3.50. The van der Waals surface area contributed by atoms with Crippen molar-refractivity contribution >= 4 is 40.0 Å². The first-order valence-corrected chi connectivity index (χ1v) is 10.1. The number of halogens is 1. The molecule has 148 valence electrons. The molecule has 1 aromatic rings. The lowest BCUT2D eigenvalue weighted by molar-refractivity contribution is 0.204. The normalized spacial score (nSPS) is 16.1. The molecule has 0 atom stereocenters. The van der Waals surface area contributed by atoms with Crippen molar-refractivity contribution in [3.63, 3.8) is 0 Å². The van der Waals surface area contributed by atoms with Gasteiger partial charge in [-0.3, -0.25) is 0 Å². The van der Waals surface area contributed by atoms with Gasteiger partial charge in [-0.2, -0.15) is 0 Å². The van der Waals surface area contributed by atoms with Crippen LogP contribution in [-0.2, 0) is 21.3 Å². The van der Waals surface area contributed by atoms with Gasteiger partial charge in [0.05, 0.1) is 18.0 Å². The molecule has 0 radical (unpaired) electrons. The lowest BCUT2D eigenvalue weighted by Crippen LogP contribution is -2.41. The Morgan fingerprint density at radius 2 is 1.88 bits per heavy atom. The van der Waals surface area contributed by atoms with Crippen LogP contribution in [-0.4, -0.2) is 40.7 Å². The molecule has 4 N–H and O–H groups in total. The van der Waals surface area contributed by atoms with Crippen molar-refractivity contribution in [1.82, 2.24) is 10.0 Å². The largest absolute Gasteiger partial charge is 0.383 e. The lowest BCUT2D eigenvalue weighted by Gasteiger charge is -2.23. The van der Waals surface area contributed by atoms with Crippen LogP contribution in [0.25, 0.3) is 0 Å². The van der Waals surface area contributed by atoms with E-state index in [-0.39, 0.29) is 35.4 Å². The van der Waals surface area contributed by atoms with Gasteiger partial charge in [-0.1, -0.05) is 31.4 Å². The SMILES string of the molecule is COCCNS(=O)(=O)c1ccc(CN=C(N)NC2CCCCC2)cc1.I. The molecule has 2 rings (SSSR count). The summed E-state index contributed by atoms with van der Waals surface area (Å²) >= 11 is 0. The van der Waals surface area contributed by atoms with Gasteiger partial charge in [0.15, 0.2) is 5.96 Å². The van der Waals surface area contributed by atoms with Gasteiger partial charge < -0.3 is 15.8 Å². The Hall–Kier alpha value is -0.910. The zero-order chi connectivity index (χ0) is 18.1. The number of benzene rings is 1. The second-order valence-electron chi connectivity index (χ2n) is 6.22. The molecule has 0 spiro atoms. The minimum absolute atomic E-state index is 0. The number of nitrogens with one attached hydrogen (secondary N) is 2. The fourth-order valence-corrected chi connectivity index (χ4v) is 3.83. The summed E-state index contributed by atoms with van der Waals surface area (Å²) in [4.78, 5) is 4.57. The molecule has 0 aliphatic heterocycles. The van der Waals surface area contributed by atoms with Gasteiger partial charge in [0.1, 0.15) is 0 Å². The molecule has 1 aliphatic carbocycles. The number of ether oxygens (including phenoxy) is 1. The van der Waals surface area contributed by atoms with E-state index in [0.29, 0.717) is 25.2 Å². The van der Waals surface area contributed by atoms with Crippen molar-refractivity contribution in [2.45, 2.75) is 49.6 Å².